The summed E-state index contributed by atoms with van der Waals surface area (Å²) in [7, 11) is 0. The SMILES string of the molecule is Nc1cc(Cl)cc(Cl)c1N1CC(CS)CC1=O. The fourth-order valence-corrected chi connectivity index (χ4v) is 2.85. The van der Waals surface area contributed by atoms with Gasteiger partial charge in [-0.25, -0.2) is 0 Å². The average Bonchev–Trinajstić information content (AvgIpc) is 2.59. The molecule has 3 nitrogen and oxygen atoms in total. The Balaban J connectivity index is 2.38. The van der Waals surface area contributed by atoms with Crippen LogP contribution in [0, 0.1) is 5.92 Å². The quantitative estimate of drug-likeness (QED) is 0.650. The van der Waals surface area contributed by atoms with Crippen molar-refractivity contribution in [1.82, 2.24) is 0 Å². The molecule has 1 atom stereocenters. The second-order valence-corrected chi connectivity index (χ2v) is 5.29. The molecule has 0 bridgehead atoms. The highest BCUT2D eigenvalue weighted by Crippen LogP contribution is 2.38. The summed E-state index contributed by atoms with van der Waals surface area (Å²) in [6, 6.07) is 3.19. The summed E-state index contributed by atoms with van der Waals surface area (Å²) in [6.45, 7) is 0.605. The largest absolute Gasteiger partial charge is 0.397 e. The molecule has 0 aliphatic carbocycles. The summed E-state index contributed by atoms with van der Waals surface area (Å²) in [6.07, 6.45) is 0.488. The van der Waals surface area contributed by atoms with Gasteiger partial charge in [0.05, 0.1) is 16.4 Å². The van der Waals surface area contributed by atoms with Crippen LogP contribution in [0.4, 0.5) is 11.4 Å². The Morgan fingerprint density at radius 3 is 2.71 bits per heavy atom. The van der Waals surface area contributed by atoms with E-state index in [4.69, 9.17) is 28.9 Å². The van der Waals surface area contributed by atoms with Crippen LogP contribution in [0.3, 0.4) is 0 Å². The van der Waals surface area contributed by atoms with Gasteiger partial charge in [0.25, 0.3) is 0 Å². The fourth-order valence-electron chi connectivity index (χ4n) is 1.99. The minimum absolute atomic E-state index is 0.0278. The molecule has 1 aromatic rings. The second-order valence-electron chi connectivity index (χ2n) is 4.08. The maximum Gasteiger partial charge on any atom is 0.227 e. The van der Waals surface area contributed by atoms with Crippen molar-refractivity contribution < 1.29 is 4.79 Å². The van der Waals surface area contributed by atoms with Crippen molar-refractivity contribution in [3.8, 4) is 0 Å². The molecule has 2 N–H and O–H groups in total. The van der Waals surface area contributed by atoms with E-state index in [1.165, 1.54) is 0 Å². The lowest BCUT2D eigenvalue weighted by Crippen LogP contribution is -2.26. The Hall–Kier alpha value is -0.580. The zero-order chi connectivity index (χ0) is 12.6. The molecule has 1 fully saturated rings. The normalized spacial score (nSPS) is 20.1. The van der Waals surface area contributed by atoms with Crippen molar-refractivity contribution in [2.45, 2.75) is 6.42 Å². The van der Waals surface area contributed by atoms with Crippen LogP contribution in [0.15, 0.2) is 12.1 Å². The summed E-state index contributed by atoms with van der Waals surface area (Å²) < 4.78 is 0. The first-order chi connectivity index (χ1) is 8.02. The number of nitrogens with two attached hydrogens (primary N) is 1. The fraction of sp³-hybridized carbons (Fsp3) is 0.364. The van der Waals surface area contributed by atoms with Gasteiger partial charge in [-0.1, -0.05) is 23.2 Å². The van der Waals surface area contributed by atoms with Crippen molar-refractivity contribution in [3.63, 3.8) is 0 Å². The molecule has 1 aliphatic heterocycles. The maximum atomic E-state index is 11.9. The van der Waals surface area contributed by atoms with Crippen LogP contribution in [-0.2, 0) is 4.79 Å². The molecular weight excluding hydrogens is 279 g/mol. The molecular formula is C11H12Cl2N2OS. The summed E-state index contributed by atoms with van der Waals surface area (Å²) in [4.78, 5) is 13.5. The van der Waals surface area contributed by atoms with Crippen LogP contribution < -0.4 is 10.6 Å². The minimum atomic E-state index is 0.0278. The number of carbonyl (C=O) groups excluding carboxylic acids is 1. The van der Waals surface area contributed by atoms with Gasteiger partial charge in [-0.3, -0.25) is 4.79 Å². The summed E-state index contributed by atoms with van der Waals surface area (Å²) >= 11 is 16.1. The van der Waals surface area contributed by atoms with E-state index in [-0.39, 0.29) is 11.8 Å². The first-order valence-electron chi connectivity index (χ1n) is 5.18. The van der Waals surface area contributed by atoms with Crippen molar-refractivity contribution in [3.05, 3.63) is 22.2 Å². The van der Waals surface area contributed by atoms with Gasteiger partial charge in [0, 0.05) is 18.0 Å². The van der Waals surface area contributed by atoms with Gasteiger partial charge in [0.1, 0.15) is 0 Å². The Morgan fingerprint density at radius 1 is 1.47 bits per heavy atom. The highest BCUT2D eigenvalue weighted by molar-refractivity contribution is 7.80. The van der Waals surface area contributed by atoms with Gasteiger partial charge in [-0.15, -0.1) is 0 Å². The first-order valence-corrected chi connectivity index (χ1v) is 6.57. The molecule has 0 saturated carbocycles. The Kier molecular flexibility index (Phi) is 3.76. The van der Waals surface area contributed by atoms with Gasteiger partial charge in [-0.2, -0.15) is 12.6 Å². The maximum absolute atomic E-state index is 11.9. The Bertz CT molecular complexity index is 444. The third kappa shape index (κ3) is 2.49. The van der Waals surface area contributed by atoms with E-state index in [1.54, 1.807) is 17.0 Å². The molecule has 92 valence electrons. The number of rotatable bonds is 2. The standard InChI is InChI=1S/C11H12Cl2N2OS/c12-7-2-8(13)11(9(14)3-7)15-4-6(5-17)1-10(15)16/h2-3,6,17H,1,4-5,14H2. The van der Waals surface area contributed by atoms with Crippen molar-refractivity contribution in [2.24, 2.45) is 5.92 Å². The van der Waals surface area contributed by atoms with Gasteiger partial charge in [-0.05, 0) is 23.8 Å². The molecule has 1 aliphatic rings. The van der Waals surface area contributed by atoms with E-state index in [1.807, 2.05) is 0 Å². The van der Waals surface area contributed by atoms with Crippen LogP contribution in [-0.4, -0.2) is 18.2 Å². The molecule has 1 heterocycles. The number of thiol groups is 1. The Labute approximate surface area is 115 Å². The Morgan fingerprint density at radius 2 is 2.18 bits per heavy atom. The first kappa shape index (κ1) is 12.9. The number of benzene rings is 1. The number of halogens is 2. The highest BCUT2D eigenvalue weighted by atomic mass is 35.5. The molecule has 2 rings (SSSR count). The number of hydrogen-bond acceptors (Lipinski definition) is 3. The minimum Gasteiger partial charge on any atom is -0.397 e. The lowest BCUT2D eigenvalue weighted by atomic mass is 10.1. The van der Waals surface area contributed by atoms with Crippen LogP contribution in [0.1, 0.15) is 6.42 Å². The van der Waals surface area contributed by atoms with Crippen molar-refractivity contribution in [1.29, 1.82) is 0 Å². The molecule has 0 spiro atoms. The van der Waals surface area contributed by atoms with E-state index in [0.29, 0.717) is 40.1 Å². The van der Waals surface area contributed by atoms with Crippen molar-refractivity contribution >= 4 is 53.1 Å². The third-order valence-electron chi connectivity index (χ3n) is 2.79. The van der Waals surface area contributed by atoms with Crippen molar-refractivity contribution in [2.75, 3.05) is 22.9 Å². The van der Waals surface area contributed by atoms with E-state index in [9.17, 15) is 4.79 Å². The van der Waals surface area contributed by atoms with Gasteiger partial charge in [0.15, 0.2) is 0 Å². The highest BCUT2D eigenvalue weighted by Gasteiger charge is 2.32. The lowest BCUT2D eigenvalue weighted by Gasteiger charge is -2.20. The predicted octanol–water partition coefficient (Wildman–Crippen LogP) is 2.86. The smallest absolute Gasteiger partial charge is 0.227 e. The van der Waals surface area contributed by atoms with Crippen LogP contribution in [0.5, 0.6) is 0 Å². The summed E-state index contributed by atoms with van der Waals surface area (Å²) in [5.41, 5.74) is 6.86. The summed E-state index contributed by atoms with van der Waals surface area (Å²) in [5, 5.41) is 0.872. The monoisotopic (exact) mass is 290 g/mol. The molecule has 1 amide bonds. The van der Waals surface area contributed by atoms with E-state index in [2.05, 4.69) is 12.6 Å². The number of carbonyl (C=O) groups is 1. The number of nitrogens with zero attached hydrogens (tertiary/aromatic N) is 1. The van der Waals surface area contributed by atoms with Gasteiger partial charge < -0.3 is 10.6 Å². The molecule has 0 radical (unpaired) electrons. The zero-order valence-corrected chi connectivity index (χ0v) is 11.4. The number of nitrogen functional groups attached to an aromatic ring is 1. The lowest BCUT2D eigenvalue weighted by molar-refractivity contribution is -0.117. The number of anilines is 2. The molecule has 0 aromatic heterocycles. The molecule has 1 aromatic carbocycles. The molecule has 17 heavy (non-hydrogen) atoms. The third-order valence-corrected chi connectivity index (χ3v) is 3.81. The van der Waals surface area contributed by atoms with Crippen LogP contribution in [0.2, 0.25) is 10.0 Å². The topological polar surface area (TPSA) is 46.3 Å². The van der Waals surface area contributed by atoms with E-state index in [0.717, 1.165) is 0 Å². The van der Waals surface area contributed by atoms with Crippen LogP contribution >= 0.6 is 35.8 Å². The van der Waals surface area contributed by atoms with E-state index < -0.39 is 0 Å². The zero-order valence-electron chi connectivity index (χ0n) is 8.99. The van der Waals surface area contributed by atoms with E-state index >= 15 is 0 Å². The average molecular weight is 291 g/mol. The predicted molar refractivity (Wildman–Crippen MR) is 75.2 cm³/mol. The van der Waals surface area contributed by atoms with Gasteiger partial charge in [0.2, 0.25) is 5.91 Å². The molecule has 6 heteroatoms. The van der Waals surface area contributed by atoms with Gasteiger partial charge >= 0.3 is 0 Å². The number of amides is 1. The summed E-state index contributed by atoms with van der Waals surface area (Å²) in [5.74, 6) is 0.949. The molecule has 1 unspecified atom stereocenters. The second kappa shape index (κ2) is 4.96. The van der Waals surface area contributed by atoms with Crippen LogP contribution in [0.25, 0.3) is 0 Å². The number of hydrogen-bond donors (Lipinski definition) is 2. The molecule has 1 saturated heterocycles.